The van der Waals surface area contributed by atoms with Gasteiger partial charge in [-0.2, -0.15) is 0 Å². The van der Waals surface area contributed by atoms with Crippen LogP contribution in [0.25, 0.3) is 5.76 Å². The molecule has 33 heavy (non-hydrogen) atoms. The molecule has 1 amide bonds. The first-order chi connectivity index (χ1) is 15.5. The second kappa shape index (κ2) is 9.48. The van der Waals surface area contributed by atoms with Crippen LogP contribution < -0.4 is 4.74 Å². The molecule has 0 saturated carbocycles. The van der Waals surface area contributed by atoms with E-state index in [1.165, 1.54) is 24.1 Å². The van der Waals surface area contributed by atoms with Gasteiger partial charge in [0, 0.05) is 6.54 Å². The molecule has 1 aliphatic heterocycles. The molecular formula is C26H30ClNO5. The van der Waals surface area contributed by atoms with Crippen LogP contribution in [0, 0.1) is 0 Å². The number of likely N-dealkylation sites (tertiary alicyclic amines) is 1. The number of Topliss-reactive ketones (excluding diaryl/α,β-unsaturated/α-hetero) is 1. The number of aliphatic hydroxyl groups is 1. The Morgan fingerprint density at radius 3 is 2.42 bits per heavy atom. The Balaban J connectivity index is 2.28. The quantitative estimate of drug-likeness (QED) is 0.326. The molecule has 1 atom stereocenters. The molecule has 1 aliphatic rings. The lowest BCUT2D eigenvalue weighted by molar-refractivity contribution is -0.139. The van der Waals surface area contributed by atoms with Crippen molar-refractivity contribution in [3.05, 3.63) is 63.7 Å². The van der Waals surface area contributed by atoms with Crippen molar-refractivity contribution >= 4 is 29.1 Å². The highest BCUT2D eigenvalue weighted by molar-refractivity contribution is 6.46. The summed E-state index contributed by atoms with van der Waals surface area (Å²) in [7, 11) is 1.49. The minimum Gasteiger partial charge on any atom is -0.507 e. The van der Waals surface area contributed by atoms with Crippen molar-refractivity contribution in [1.29, 1.82) is 0 Å². The smallest absolute Gasteiger partial charge is 0.295 e. The van der Waals surface area contributed by atoms with Crippen LogP contribution in [0.2, 0.25) is 5.02 Å². The standard InChI is InChI=1S/C26H30ClNO5/c1-6-7-12-28-22(15-8-10-19(29)18(27)13-15)21(24(31)25(28)32)23(30)17-14-16(26(2,3)4)9-11-20(17)33-5/h8-11,13-14,22,29-30H,6-7,12H2,1-5H3/b23-21+. The van der Waals surface area contributed by atoms with E-state index in [-0.39, 0.29) is 27.5 Å². The summed E-state index contributed by atoms with van der Waals surface area (Å²) in [5.41, 5.74) is 1.57. The zero-order chi connectivity index (χ0) is 24.5. The predicted molar refractivity (Wildman–Crippen MR) is 129 cm³/mol. The molecule has 1 fully saturated rings. The van der Waals surface area contributed by atoms with Crippen molar-refractivity contribution in [3.8, 4) is 11.5 Å². The van der Waals surface area contributed by atoms with Gasteiger partial charge in [0.05, 0.1) is 29.3 Å². The van der Waals surface area contributed by atoms with E-state index in [2.05, 4.69) is 0 Å². The maximum absolute atomic E-state index is 13.2. The van der Waals surface area contributed by atoms with Gasteiger partial charge in [0.1, 0.15) is 17.3 Å². The highest BCUT2D eigenvalue weighted by Gasteiger charge is 2.46. The maximum Gasteiger partial charge on any atom is 0.295 e. The van der Waals surface area contributed by atoms with E-state index in [9.17, 15) is 19.8 Å². The van der Waals surface area contributed by atoms with Gasteiger partial charge in [0.25, 0.3) is 11.7 Å². The minimum absolute atomic E-state index is 0.0257. The monoisotopic (exact) mass is 471 g/mol. The topological polar surface area (TPSA) is 87.1 Å². The Kier molecular flexibility index (Phi) is 7.08. The van der Waals surface area contributed by atoms with E-state index in [4.69, 9.17) is 16.3 Å². The summed E-state index contributed by atoms with van der Waals surface area (Å²) in [5, 5.41) is 21.4. The van der Waals surface area contributed by atoms with E-state index < -0.39 is 17.7 Å². The number of hydrogen-bond acceptors (Lipinski definition) is 5. The molecule has 176 valence electrons. The molecule has 3 rings (SSSR count). The highest BCUT2D eigenvalue weighted by atomic mass is 35.5. The summed E-state index contributed by atoms with van der Waals surface area (Å²) in [4.78, 5) is 27.6. The van der Waals surface area contributed by atoms with Gasteiger partial charge >= 0.3 is 0 Å². The first-order valence-electron chi connectivity index (χ1n) is 11.0. The number of phenols is 1. The van der Waals surface area contributed by atoms with Crippen LogP contribution in [0.3, 0.4) is 0 Å². The third-order valence-electron chi connectivity index (χ3n) is 5.90. The molecule has 2 aromatic rings. The Morgan fingerprint density at radius 1 is 1.15 bits per heavy atom. The van der Waals surface area contributed by atoms with E-state index in [0.717, 1.165) is 12.0 Å². The normalized spacial score (nSPS) is 18.1. The molecule has 1 heterocycles. The number of aliphatic hydroxyl groups excluding tert-OH is 1. The highest BCUT2D eigenvalue weighted by Crippen LogP contribution is 2.43. The first-order valence-corrected chi connectivity index (χ1v) is 11.3. The van der Waals surface area contributed by atoms with Gasteiger partial charge in [0.2, 0.25) is 0 Å². The van der Waals surface area contributed by atoms with Crippen molar-refractivity contribution in [2.75, 3.05) is 13.7 Å². The molecule has 0 aromatic heterocycles. The molecule has 2 aromatic carbocycles. The molecule has 0 radical (unpaired) electrons. The number of carbonyl (C=O) groups excluding carboxylic acids is 2. The number of halogens is 1. The lowest BCUT2D eigenvalue weighted by Crippen LogP contribution is -2.30. The van der Waals surface area contributed by atoms with Crippen molar-refractivity contribution in [1.82, 2.24) is 4.90 Å². The molecule has 0 aliphatic carbocycles. The van der Waals surface area contributed by atoms with Gasteiger partial charge in [0.15, 0.2) is 0 Å². The summed E-state index contributed by atoms with van der Waals surface area (Å²) < 4.78 is 5.47. The van der Waals surface area contributed by atoms with Crippen LogP contribution in [-0.2, 0) is 15.0 Å². The van der Waals surface area contributed by atoms with Crippen molar-refractivity contribution in [2.24, 2.45) is 0 Å². The Bertz CT molecular complexity index is 1120. The van der Waals surface area contributed by atoms with Crippen LogP contribution in [0.15, 0.2) is 42.0 Å². The number of hydrogen-bond donors (Lipinski definition) is 2. The zero-order valence-electron chi connectivity index (χ0n) is 19.6. The van der Waals surface area contributed by atoms with Crippen molar-refractivity contribution in [2.45, 2.75) is 52.0 Å². The largest absolute Gasteiger partial charge is 0.507 e. The number of ketones is 1. The fourth-order valence-corrected chi connectivity index (χ4v) is 4.17. The summed E-state index contributed by atoms with van der Waals surface area (Å²) in [6.07, 6.45) is 1.52. The lowest BCUT2D eigenvalue weighted by Gasteiger charge is -2.26. The number of nitrogens with zero attached hydrogens (tertiary/aromatic N) is 1. The summed E-state index contributed by atoms with van der Waals surface area (Å²) in [6, 6.07) is 9.14. The summed E-state index contributed by atoms with van der Waals surface area (Å²) in [5.74, 6) is -1.45. The number of ether oxygens (including phenoxy) is 1. The number of phenolic OH excluding ortho intramolecular Hbond substituents is 1. The Morgan fingerprint density at radius 2 is 1.85 bits per heavy atom. The third kappa shape index (κ3) is 4.71. The lowest BCUT2D eigenvalue weighted by atomic mass is 9.85. The minimum atomic E-state index is -0.836. The van der Waals surface area contributed by atoms with E-state index in [0.29, 0.717) is 29.8 Å². The average Bonchev–Trinajstić information content (AvgIpc) is 3.02. The third-order valence-corrected chi connectivity index (χ3v) is 6.20. The van der Waals surface area contributed by atoms with Crippen LogP contribution in [0.4, 0.5) is 0 Å². The number of methoxy groups -OCH3 is 1. The van der Waals surface area contributed by atoms with Crippen LogP contribution in [-0.4, -0.2) is 40.5 Å². The summed E-state index contributed by atoms with van der Waals surface area (Å²) in [6.45, 7) is 8.47. The van der Waals surface area contributed by atoms with Gasteiger partial charge in [-0.15, -0.1) is 0 Å². The first kappa shape index (κ1) is 24.6. The van der Waals surface area contributed by atoms with Gasteiger partial charge in [-0.05, 0) is 47.2 Å². The molecule has 0 bridgehead atoms. The SMILES string of the molecule is CCCCN1C(=O)C(=O)/C(=C(/O)c2cc(C(C)(C)C)ccc2OC)C1c1ccc(O)c(Cl)c1. The number of benzene rings is 2. The van der Waals surface area contributed by atoms with Crippen molar-refractivity contribution < 1.29 is 24.5 Å². The van der Waals surface area contributed by atoms with E-state index >= 15 is 0 Å². The Hall–Kier alpha value is -2.99. The molecule has 7 heteroatoms. The fourth-order valence-electron chi connectivity index (χ4n) is 3.98. The average molecular weight is 472 g/mol. The molecule has 2 N–H and O–H groups in total. The predicted octanol–water partition coefficient (Wildman–Crippen LogP) is 5.57. The molecule has 6 nitrogen and oxygen atoms in total. The number of unbranched alkanes of at least 4 members (excludes halogenated alkanes) is 1. The summed E-state index contributed by atoms with van der Waals surface area (Å²) >= 11 is 6.14. The molecule has 1 saturated heterocycles. The molecule has 1 unspecified atom stereocenters. The van der Waals surface area contributed by atoms with Gasteiger partial charge in [-0.3, -0.25) is 9.59 Å². The number of carbonyl (C=O) groups is 2. The van der Waals surface area contributed by atoms with Gasteiger partial charge < -0.3 is 19.8 Å². The van der Waals surface area contributed by atoms with Crippen LogP contribution >= 0.6 is 11.6 Å². The van der Waals surface area contributed by atoms with Gasteiger partial charge in [-0.1, -0.05) is 57.8 Å². The molecule has 0 spiro atoms. The number of rotatable bonds is 6. The molecular weight excluding hydrogens is 442 g/mol. The fraction of sp³-hybridized carbons (Fsp3) is 0.385. The van der Waals surface area contributed by atoms with Crippen LogP contribution in [0.5, 0.6) is 11.5 Å². The van der Waals surface area contributed by atoms with E-state index in [1.807, 2.05) is 33.8 Å². The second-order valence-electron chi connectivity index (χ2n) is 9.22. The van der Waals surface area contributed by atoms with Crippen LogP contribution in [0.1, 0.15) is 63.3 Å². The number of aromatic hydroxyl groups is 1. The Labute approximate surface area is 199 Å². The van der Waals surface area contributed by atoms with Crippen molar-refractivity contribution in [3.63, 3.8) is 0 Å². The maximum atomic E-state index is 13.2. The number of amides is 1. The second-order valence-corrected chi connectivity index (χ2v) is 9.63. The van der Waals surface area contributed by atoms with E-state index in [1.54, 1.807) is 18.2 Å². The zero-order valence-corrected chi connectivity index (χ0v) is 20.4. The van der Waals surface area contributed by atoms with Gasteiger partial charge in [-0.25, -0.2) is 0 Å².